The van der Waals surface area contributed by atoms with Crippen LogP contribution in [0.3, 0.4) is 0 Å². The van der Waals surface area contributed by atoms with E-state index < -0.39 is 29.9 Å². The predicted molar refractivity (Wildman–Crippen MR) is 105 cm³/mol. The van der Waals surface area contributed by atoms with Crippen LogP contribution in [0.4, 0.5) is 13.2 Å². The quantitative estimate of drug-likeness (QED) is 0.476. The number of H-pyrrole nitrogens is 1. The molecule has 3 aromatic rings. The normalized spacial score (nSPS) is 12.0. The number of alkyl halides is 3. The van der Waals surface area contributed by atoms with Gasteiger partial charge in [0.1, 0.15) is 5.75 Å². The van der Waals surface area contributed by atoms with Crippen LogP contribution in [0, 0.1) is 5.92 Å². The van der Waals surface area contributed by atoms with Crippen molar-refractivity contribution < 1.29 is 27.8 Å². The average molecular weight is 426 g/mol. The van der Waals surface area contributed by atoms with Crippen molar-refractivity contribution in [1.82, 2.24) is 4.98 Å². The van der Waals surface area contributed by atoms with Crippen LogP contribution in [0.2, 0.25) is 5.02 Å². The summed E-state index contributed by atoms with van der Waals surface area (Å²) in [5, 5.41) is 9.43. The van der Waals surface area contributed by atoms with E-state index in [2.05, 4.69) is 18.8 Å². The Hall–Kier alpha value is -2.67. The van der Waals surface area contributed by atoms with Gasteiger partial charge in [-0.1, -0.05) is 25.4 Å². The van der Waals surface area contributed by atoms with E-state index in [0.717, 1.165) is 29.0 Å². The minimum absolute atomic E-state index is 0.0533. The number of hydrogen-bond acceptors (Lipinski definition) is 2. The minimum atomic E-state index is -4.76. The van der Waals surface area contributed by atoms with E-state index >= 15 is 0 Å². The number of carbonyl (C=O) groups is 1. The third-order valence-corrected chi connectivity index (χ3v) is 4.63. The average Bonchev–Trinajstić information content (AvgIpc) is 2.97. The molecular weight excluding hydrogens is 407 g/mol. The molecule has 0 fully saturated rings. The van der Waals surface area contributed by atoms with Crippen LogP contribution >= 0.6 is 11.6 Å². The van der Waals surface area contributed by atoms with Gasteiger partial charge in [0.25, 0.3) is 0 Å². The second-order valence-corrected chi connectivity index (χ2v) is 7.65. The van der Waals surface area contributed by atoms with Gasteiger partial charge in [-0.05, 0) is 53.8 Å². The van der Waals surface area contributed by atoms with Gasteiger partial charge in [0.2, 0.25) is 0 Å². The van der Waals surface area contributed by atoms with E-state index in [1.807, 2.05) is 6.20 Å². The highest BCUT2D eigenvalue weighted by molar-refractivity contribution is 6.32. The molecule has 0 aliphatic rings. The largest absolute Gasteiger partial charge is 0.481 e. The fourth-order valence-electron chi connectivity index (χ4n) is 3.19. The van der Waals surface area contributed by atoms with Crippen LogP contribution in [-0.4, -0.2) is 16.1 Å². The summed E-state index contributed by atoms with van der Waals surface area (Å²) < 4.78 is 46.3. The number of nitrogens with one attached hydrogen (secondary N) is 1. The molecular formula is C21H19ClF3NO3. The fraction of sp³-hybridized carbons (Fsp3) is 0.286. The number of aliphatic carboxylic acids is 1. The van der Waals surface area contributed by atoms with Gasteiger partial charge in [-0.3, -0.25) is 4.79 Å². The van der Waals surface area contributed by atoms with Gasteiger partial charge < -0.3 is 14.8 Å². The van der Waals surface area contributed by atoms with Crippen LogP contribution in [0.5, 0.6) is 11.5 Å². The molecule has 0 spiro atoms. The molecule has 0 amide bonds. The van der Waals surface area contributed by atoms with Crippen LogP contribution in [-0.2, 0) is 23.8 Å². The number of halogens is 4. The van der Waals surface area contributed by atoms with Gasteiger partial charge in [0.05, 0.1) is 17.0 Å². The maximum atomic E-state index is 13.6. The molecule has 4 nitrogen and oxygen atoms in total. The summed E-state index contributed by atoms with van der Waals surface area (Å²) in [4.78, 5) is 14.0. The lowest BCUT2D eigenvalue weighted by Crippen LogP contribution is -2.10. The molecule has 2 N–H and O–H groups in total. The van der Waals surface area contributed by atoms with E-state index in [-0.39, 0.29) is 16.3 Å². The lowest BCUT2D eigenvalue weighted by atomic mass is 10.0. The molecule has 0 aliphatic carbocycles. The topological polar surface area (TPSA) is 62.3 Å². The van der Waals surface area contributed by atoms with Gasteiger partial charge in [-0.2, -0.15) is 13.2 Å². The molecule has 29 heavy (non-hydrogen) atoms. The lowest BCUT2D eigenvalue weighted by molar-refractivity contribution is -0.139. The van der Waals surface area contributed by atoms with E-state index in [1.54, 1.807) is 18.2 Å². The number of fused-ring (bicyclic) bond motifs is 1. The van der Waals surface area contributed by atoms with Gasteiger partial charge >= 0.3 is 12.1 Å². The molecule has 154 valence electrons. The van der Waals surface area contributed by atoms with E-state index in [1.165, 1.54) is 6.07 Å². The standard InChI is InChI=1S/C21H19ClF3NO3/c1-11(2)5-13-10-26-18-4-3-14(9-15(13)18)29-20-16(21(23,24)25)6-12(7-17(20)22)8-19(27)28/h3-4,6-7,9-11,26H,5,8H2,1-2H3,(H,27,28). The van der Waals surface area contributed by atoms with E-state index in [0.29, 0.717) is 5.92 Å². The Morgan fingerprint density at radius 1 is 1.24 bits per heavy atom. The first-order valence-corrected chi connectivity index (χ1v) is 9.31. The number of carboxylic acids is 1. The van der Waals surface area contributed by atoms with Crippen LogP contribution in [0.25, 0.3) is 10.9 Å². The zero-order valence-corrected chi connectivity index (χ0v) is 16.5. The Kier molecular flexibility index (Phi) is 5.80. The zero-order valence-electron chi connectivity index (χ0n) is 15.7. The van der Waals surface area contributed by atoms with Gasteiger partial charge in [0.15, 0.2) is 5.75 Å². The first-order chi connectivity index (χ1) is 13.5. The maximum Gasteiger partial charge on any atom is 0.420 e. The lowest BCUT2D eigenvalue weighted by Gasteiger charge is -2.17. The fourth-order valence-corrected chi connectivity index (χ4v) is 3.47. The van der Waals surface area contributed by atoms with Crippen molar-refractivity contribution in [3.8, 4) is 11.5 Å². The van der Waals surface area contributed by atoms with Crippen molar-refractivity contribution in [3.05, 3.63) is 58.2 Å². The summed E-state index contributed by atoms with van der Waals surface area (Å²) >= 11 is 6.05. The van der Waals surface area contributed by atoms with E-state index in [9.17, 15) is 18.0 Å². The number of carboxylic acid groups (broad SMARTS) is 1. The van der Waals surface area contributed by atoms with Crippen molar-refractivity contribution in [2.24, 2.45) is 5.92 Å². The zero-order chi connectivity index (χ0) is 21.3. The van der Waals surface area contributed by atoms with Gasteiger partial charge in [-0.25, -0.2) is 0 Å². The maximum absolute atomic E-state index is 13.6. The molecule has 1 aromatic heterocycles. The van der Waals surface area contributed by atoms with Crippen molar-refractivity contribution >= 4 is 28.5 Å². The van der Waals surface area contributed by atoms with Crippen molar-refractivity contribution in [2.75, 3.05) is 0 Å². The molecule has 0 aliphatic heterocycles. The molecule has 0 bridgehead atoms. The first-order valence-electron chi connectivity index (χ1n) is 8.94. The summed E-state index contributed by atoms with van der Waals surface area (Å²) in [5.74, 6) is -1.18. The summed E-state index contributed by atoms with van der Waals surface area (Å²) in [6.07, 6.45) is -2.64. The predicted octanol–water partition coefficient (Wildman–Crippen LogP) is 6.46. The monoisotopic (exact) mass is 425 g/mol. The second-order valence-electron chi connectivity index (χ2n) is 7.24. The van der Waals surface area contributed by atoms with Crippen LogP contribution in [0.1, 0.15) is 30.5 Å². The van der Waals surface area contributed by atoms with Gasteiger partial charge in [-0.15, -0.1) is 0 Å². The summed E-state index contributed by atoms with van der Waals surface area (Å²) in [5.41, 5.74) is 0.728. The number of rotatable bonds is 6. The molecule has 8 heteroatoms. The van der Waals surface area contributed by atoms with Gasteiger partial charge in [0, 0.05) is 17.1 Å². The highest BCUT2D eigenvalue weighted by atomic mass is 35.5. The Labute approximate surface area is 170 Å². The third-order valence-electron chi connectivity index (χ3n) is 4.35. The smallest absolute Gasteiger partial charge is 0.420 e. The minimum Gasteiger partial charge on any atom is -0.481 e. The Morgan fingerprint density at radius 3 is 2.59 bits per heavy atom. The molecule has 2 aromatic carbocycles. The molecule has 0 radical (unpaired) electrons. The number of benzene rings is 2. The molecule has 0 atom stereocenters. The van der Waals surface area contributed by atoms with Crippen LogP contribution < -0.4 is 4.74 Å². The second kappa shape index (κ2) is 7.99. The molecule has 0 saturated carbocycles. The number of aromatic nitrogens is 1. The summed E-state index contributed by atoms with van der Waals surface area (Å²) in [7, 11) is 0. The summed E-state index contributed by atoms with van der Waals surface area (Å²) in [6, 6.07) is 6.90. The first kappa shape index (κ1) is 21.0. The summed E-state index contributed by atoms with van der Waals surface area (Å²) in [6.45, 7) is 4.15. The van der Waals surface area contributed by atoms with Crippen molar-refractivity contribution in [3.63, 3.8) is 0 Å². The number of ether oxygens (including phenoxy) is 1. The molecule has 3 rings (SSSR count). The molecule has 0 saturated heterocycles. The molecule has 1 heterocycles. The molecule has 0 unspecified atom stereocenters. The highest BCUT2D eigenvalue weighted by Crippen LogP contribution is 2.43. The number of hydrogen-bond donors (Lipinski definition) is 2. The number of aromatic amines is 1. The third kappa shape index (κ3) is 4.85. The van der Waals surface area contributed by atoms with Crippen molar-refractivity contribution in [1.29, 1.82) is 0 Å². The van der Waals surface area contributed by atoms with E-state index in [4.69, 9.17) is 21.4 Å². The Bertz CT molecular complexity index is 1060. The SMILES string of the molecule is CC(C)Cc1c[nH]c2ccc(Oc3c(Cl)cc(CC(=O)O)cc3C(F)(F)F)cc12. The Balaban J connectivity index is 2.04. The van der Waals surface area contributed by atoms with Crippen LogP contribution in [0.15, 0.2) is 36.5 Å². The Morgan fingerprint density at radius 2 is 1.97 bits per heavy atom. The highest BCUT2D eigenvalue weighted by Gasteiger charge is 2.36. The van der Waals surface area contributed by atoms with Crippen molar-refractivity contribution in [2.45, 2.75) is 32.9 Å².